The van der Waals surface area contributed by atoms with E-state index in [1.807, 2.05) is 58.0 Å². The van der Waals surface area contributed by atoms with Crippen LogP contribution in [0.25, 0.3) is 6.08 Å². The zero-order chi connectivity index (χ0) is 42.5. The van der Waals surface area contributed by atoms with E-state index in [0.29, 0.717) is 45.3 Å². The smallest absolute Gasteiger partial charge is 0.407 e. The predicted octanol–water partition coefficient (Wildman–Crippen LogP) is 4.12. The average molecular weight is 813 g/mol. The quantitative estimate of drug-likeness (QED) is 0.0921. The Morgan fingerprint density at radius 2 is 1.81 bits per heavy atom. The summed E-state index contributed by atoms with van der Waals surface area (Å²) in [5.74, 6) is 2.10. The molecule has 6 N–H and O–H groups in total. The van der Waals surface area contributed by atoms with Crippen molar-refractivity contribution in [2.45, 2.75) is 103 Å². The summed E-state index contributed by atoms with van der Waals surface area (Å²) in [6, 6.07) is 3.90. The van der Waals surface area contributed by atoms with Gasteiger partial charge >= 0.3 is 12.2 Å². The molecular formula is C41H60N6O9S. The summed E-state index contributed by atoms with van der Waals surface area (Å²) in [5, 5.41) is 14.4. The molecule has 5 atom stereocenters. The number of nitrogens with zero attached hydrogens (tertiary/aromatic N) is 2. The number of ether oxygens (including phenoxy) is 1. The van der Waals surface area contributed by atoms with Gasteiger partial charge in [0.15, 0.2) is 0 Å². The first-order valence-electron chi connectivity index (χ1n) is 19.4. The third-order valence-corrected chi connectivity index (χ3v) is 12.2. The van der Waals surface area contributed by atoms with Gasteiger partial charge in [-0.2, -0.15) is 0 Å². The van der Waals surface area contributed by atoms with Crippen LogP contribution in [0.5, 0.6) is 0 Å². The number of carbonyl (C=O) groups is 6. The summed E-state index contributed by atoms with van der Waals surface area (Å²) >= 11 is 0. The van der Waals surface area contributed by atoms with Crippen molar-refractivity contribution in [2.24, 2.45) is 23.0 Å². The van der Waals surface area contributed by atoms with E-state index in [1.165, 1.54) is 9.80 Å². The lowest BCUT2D eigenvalue weighted by Gasteiger charge is -2.28. The molecule has 314 valence electrons. The van der Waals surface area contributed by atoms with Crippen LogP contribution in [0.4, 0.5) is 9.59 Å². The van der Waals surface area contributed by atoms with Crippen LogP contribution in [0.15, 0.2) is 49.6 Å². The Balaban J connectivity index is 0.000000451. The molecule has 0 radical (unpaired) electrons. The molecule has 1 aromatic rings. The molecule has 6 amide bonds. The summed E-state index contributed by atoms with van der Waals surface area (Å²) in [6.45, 7) is 15.9. The zero-order valence-corrected chi connectivity index (χ0v) is 34.4. The summed E-state index contributed by atoms with van der Waals surface area (Å²) in [5.41, 5.74) is 8.04. The number of rotatable bonds is 16. The molecule has 0 aromatic heterocycles. The van der Waals surface area contributed by atoms with E-state index in [1.54, 1.807) is 6.08 Å². The van der Waals surface area contributed by atoms with E-state index in [0.717, 1.165) is 42.0 Å². The van der Waals surface area contributed by atoms with Gasteiger partial charge in [0.1, 0.15) is 12.1 Å². The molecule has 0 spiro atoms. The maximum absolute atomic E-state index is 13.1. The van der Waals surface area contributed by atoms with Crippen molar-refractivity contribution in [1.29, 1.82) is 0 Å². The second-order valence-corrected chi connectivity index (χ2v) is 17.5. The Bertz CT molecular complexity index is 1810. The summed E-state index contributed by atoms with van der Waals surface area (Å²) < 4.78 is 19.8. The third-order valence-electron chi connectivity index (χ3n) is 10.1. The van der Waals surface area contributed by atoms with Gasteiger partial charge in [0, 0.05) is 30.8 Å². The highest BCUT2D eigenvalue weighted by molar-refractivity contribution is 7.99. The number of primary amides is 1. The highest BCUT2D eigenvalue weighted by Crippen LogP contribution is 2.40. The number of carboxylic acid groups (broad SMARTS) is 1. The molecule has 3 fully saturated rings. The first-order valence-corrected chi connectivity index (χ1v) is 21.2. The fraction of sp³-hybridized carbons (Fsp3) is 0.537. The molecule has 5 rings (SSSR count). The average Bonchev–Trinajstić information content (AvgIpc) is 4.09. The normalized spacial score (nSPS) is 20.9. The number of hydrogen-bond donors (Lipinski definition) is 5. The Labute approximate surface area is 336 Å². The van der Waals surface area contributed by atoms with Crippen molar-refractivity contribution in [3.05, 3.63) is 66.3 Å². The minimum absolute atomic E-state index is 0.00572. The van der Waals surface area contributed by atoms with Gasteiger partial charge in [-0.25, -0.2) is 13.8 Å². The van der Waals surface area contributed by atoms with E-state index < -0.39 is 51.7 Å². The van der Waals surface area contributed by atoms with Crippen LogP contribution >= 0.6 is 0 Å². The second-order valence-electron chi connectivity index (χ2n) is 15.2. The lowest BCUT2D eigenvalue weighted by Crippen LogP contribution is -2.56. The summed E-state index contributed by atoms with van der Waals surface area (Å²) in [7, 11) is -2.36. The molecule has 1 saturated heterocycles. The number of likely N-dealkylation sites (tertiary alicyclic amines) is 1. The SMILES string of the molecule is C=CC(=O)NC[C@H](NC(=O)OCC(C)(C)CC/C=C/c1cccc2c1CN(C(=O)O)C2)C(=O)N1CCCC1C(N)=O.C=CC1CC1C(=O)NS(=C)(=O)C1CC1.CC. The molecule has 16 heteroatoms. The molecule has 4 unspecified atom stereocenters. The molecule has 2 heterocycles. The number of benzene rings is 1. The minimum Gasteiger partial charge on any atom is -0.465 e. The largest absolute Gasteiger partial charge is 0.465 e. The van der Waals surface area contributed by atoms with Crippen LogP contribution in [0, 0.1) is 17.3 Å². The first kappa shape index (κ1) is 46.3. The maximum Gasteiger partial charge on any atom is 0.407 e. The van der Waals surface area contributed by atoms with Crippen LogP contribution in [-0.4, -0.2) is 97.8 Å². The lowest BCUT2D eigenvalue weighted by atomic mass is 9.88. The Morgan fingerprint density at radius 1 is 1.11 bits per heavy atom. The molecule has 15 nitrogen and oxygen atoms in total. The van der Waals surface area contributed by atoms with Crippen molar-refractivity contribution in [3.8, 4) is 0 Å². The second kappa shape index (κ2) is 20.9. The van der Waals surface area contributed by atoms with E-state index in [-0.39, 0.29) is 41.6 Å². The van der Waals surface area contributed by atoms with Gasteiger partial charge in [-0.1, -0.05) is 70.7 Å². The van der Waals surface area contributed by atoms with Gasteiger partial charge in [0.05, 0.1) is 22.9 Å². The monoisotopic (exact) mass is 812 g/mol. The van der Waals surface area contributed by atoms with Crippen LogP contribution in [0.1, 0.15) is 89.3 Å². The number of amides is 6. The van der Waals surface area contributed by atoms with Crippen molar-refractivity contribution in [3.63, 3.8) is 0 Å². The topological polar surface area (TPSA) is 218 Å². The van der Waals surface area contributed by atoms with Crippen molar-refractivity contribution >= 4 is 57.5 Å². The zero-order valence-electron chi connectivity index (χ0n) is 33.6. The molecule has 2 aliphatic heterocycles. The minimum atomic E-state index is -2.36. The van der Waals surface area contributed by atoms with E-state index in [4.69, 9.17) is 10.5 Å². The molecule has 2 saturated carbocycles. The molecular weight excluding hydrogens is 753 g/mol. The van der Waals surface area contributed by atoms with E-state index >= 15 is 0 Å². The number of carbonyl (C=O) groups excluding carboxylic acids is 5. The van der Waals surface area contributed by atoms with Gasteiger partial charge in [0.2, 0.25) is 23.6 Å². The fourth-order valence-electron chi connectivity index (χ4n) is 6.50. The Kier molecular flexibility index (Phi) is 16.9. The van der Waals surface area contributed by atoms with Gasteiger partial charge in [-0.15, -0.1) is 6.58 Å². The van der Waals surface area contributed by atoms with Gasteiger partial charge in [0.25, 0.3) is 0 Å². The molecule has 57 heavy (non-hydrogen) atoms. The predicted molar refractivity (Wildman–Crippen MR) is 221 cm³/mol. The molecule has 2 aliphatic carbocycles. The number of fused-ring (bicyclic) bond motifs is 1. The highest BCUT2D eigenvalue weighted by atomic mass is 32.2. The summed E-state index contributed by atoms with van der Waals surface area (Å²) in [4.78, 5) is 74.8. The molecule has 0 bridgehead atoms. The van der Waals surface area contributed by atoms with Gasteiger partial charge in [-0.3, -0.25) is 28.8 Å². The highest BCUT2D eigenvalue weighted by Gasteiger charge is 2.43. The van der Waals surface area contributed by atoms with Crippen LogP contribution in [0.2, 0.25) is 0 Å². The number of nitrogens with two attached hydrogens (primary N) is 1. The third kappa shape index (κ3) is 13.8. The number of hydrogen-bond acceptors (Lipinski definition) is 8. The number of alkyl carbamates (subject to hydrolysis) is 1. The Hall–Kier alpha value is -5.12. The van der Waals surface area contributed by atoms with Gasteiger partial charge in [-0.05, 0) is 84.9 Å². The standard InChI is InChI=1S/C29H39N5O7.C10H15NO2S.C2H6/c1-4-24(35)31-15-22(26(37)34-14-8-12-23(34)25(30)36)32-27(38)41-18-29(2,3)13-6-5-9-19-10-7-11-20-16-33(28(39)40)17-21(19)20;1-3-7-6-9(7)10(12)11-14(2,13)8-4-5-8;1-2/h4-5,7,9-11,22-23H,1,6,8,12-18H2,2-3H3,(H2,30,36)(H,31,35)(H,32,38)(H,39,40);3,7-9H,1-2,4-6H2,(H,11,12,13);1-2H3/b9-5+;;/t22-,23?;;/m0../s1. The summed E-state index contributed by atoms with van der Waals surface area (Å²) in [6.07, 6.45) is 10.2. The molecule has 1 aromatic carbocycles. The lowest BCUT2D eigenvalue weighted by molar-refractivity contribution is -0.139. The van der Waals surface area contributed by atoms with Gasteiger partial charge < -0.3 is 31.1 Å². The Morgan fingerprint density at radius 3 is 2.40 bits per heavy atom. The van der Waals surface area contributed by atoms with Crippen LogP contribution in [0.3, 0.4) is 0 Å². The number of allylic oxidation sites excluding steroid dienone is 2. The van der Waals surface area contributed by atoms with Crippen LogP contribution < -0.4 is 21.1 Å². The van der Waals surface area contributed by atoms with Crippen molar-refractivity contribution < 1.29 is 42.8 Å². The fourth-order valence-corrected chi connectivity index (χ4v) is 8.05. The maximum atomic E-state index is 13.1. The van der Waals surface area contributed by atoms with E-state index in [9.17, 15) is 38.1 Å². The van der Waals surface area contributed by atoms with Crippen molar-refractivity contribution in [1.82, 2.24) is 25.2 Å². The first-order chi connectivity index (χ1) is 27.0. The van der Waals surface area contributed by atoms with Crippen molar-refractivity contribution in [2.75, 3.05) is 19.7 Å². The van der Waals surface area contributed by atoms with E-state index in [2.05, 4.69) is 34.4 Å². The number of nitrogens with one attached hydrogen (secondary N) is 3. The van der Waals surface area contributed by atoms with Crippen LogP contribution in [-0.2, 0) is 46.7 Å². The molecule has 4 aliphatic rings.